The van der Waals surface area contributed by atoms with E-state index in [1.807, 2.05) is 18.2 Å². The largest absolute Gasteiger partial charge is 0.493 e. The van der Waals surface area contributed by atoms with Gasteiger partial charge in [0.1, 0.15) is 6.10 Å². The van der Waals surface area contributed by atoms with Crippen molar-refractivity contribution in [1.29, 1.82) is 0 Å². The third-order valence-corrected chi connectivity index (χ3v) is 6.68. The predicted octanol–water partition coefficient (Wildman–Crippen LogP) is 3.15. The van der Waals surface area contributed by atoms with Gasteiger partial charge in [-0.05, 0) is 30.2 Å². The molecular weight excluding hydrogens is 370 g/mol. The Bertz CT molecular complexity index is 1020. The van der Waals surface area contributed by atoms with E-state index < -0.39 is 6.10 Å². The van der Waals surface area contributed by atoms with Crippen molar-refractivity contribution in [3.8, 4) is 23.0 Å². The Kier molecular flexibility index (Phi) is 3.56. The molecule has 4 aliphatic rings. The first kappa shape index (κ1) is 17.0. The second-order valence-corrected chi connectivity index (χ2v) is 8.15. The van der Waals surface area contributed by atoms with Crippen molar-refractivity contribution in [3.05, 3.63) is 53.6 Å². The van der Waals surface area contributed by atoms with Gasteiger partial charge in [0, 0.05) is 36.8 Å². The molecule has 150 valence electrons. The highest BCUT2D eigenvalue weighted by Gasteiger charge is 2.52. The van der Waals surface area contributed by atoms with Crippen LogP contribution in [0.4, 0.5) is 5.69 Å². The molecule has 0 unspecified atom stereocenters. The zero-order valence-corrected chi connectivity index (χ0v) is 16.3. The van der Waals surface area contributed by atoms with Crippen LogP contribution in [-0.4, -0.2) is 37.8 Å². The van der Waals surface area contributed by atoms with Gasteiger partial charge in [-0.1, -0.05) is 18.2 Å². The molecule has 3 aliphatic heterocycles. The maximum atomic E-state index is 10.2. The molecule has 0 saturated carbocycles. The zero-order chi connectivity index (χ0) is 19.6. The zero-order valence-electron chi connectivity index (χ0n) is 16.3. The number of methoxy groups -OCH3 is 1. The maximum Gasteiger partial charge on any atom is 0.231 e. The number of hydrogen-bond acceptors (Lipinski definition) is 6. The first-order valence-corrected chi connectivity index (χ1v) is 10.1. The first-order valence-electron chi connectivity index (χ1n) is 10.1. The summed E-state index contributed by atoms with van der Waals surface area (Å²) in [6, 6.07) is 10.3. The average molecular weight is 393 g/mol. The van der Waals surface area contributed by atoms with Gasteiger partial charge in [-0.2, -0.15) is 0 Å². The van der Waals surface area contributed by atoms with E-state index in [1.165, 1.54) is 11.1 Å². The molecule has 1 aliphatic carbocycles. The average Bonchev–Trinajstić information content (AvgIpc) is 3.28. The molecule has 0 aromatic heterocycles. The lowest BCUT2D eigenvalue weighted by atomic mass is 9.69. The van der Waals surface area contributed by atoms with Crippen molar-refractivity contribution in [2.45, 2.75) is 37.0 Å². The summed E-state index contributed by atoms with van der Waals surface area (Å²) in [5.41, 5.74) is 3.34. The van der Waals surface area contributed by atoms with Gasteiger partial charge in [-0.15, -0.1) is 0 Å². The number of rotatable bonds is 2. The van der Waals surface area contributed by atoms with E-state index in [2.05, 4.69) is 29.2 Å². The van der Waals surface area contributed by atoms with Crippen molar-refractivity contribution in [2.75, 3.05) is 25.3 Å². The molecule has 6 rings (SSSR count). The Morgan fingerprint density at radius 2 is 2.07 bits per heavy atom. The third kappa shape index (κ3) is 2.38. The van der Waals surface area contributed by atoms with Gasteiger partial charge in [0.2, 0.25) is 6.79 Å². The van der Waals surface area contributed by atoms with Crippen LogP contribution in [0.3, 0.4) is 0 Å². The van der Waals surface area contributed by atoms with E-state index in [4.69, 9.17) is 18.9 Å². The molecule has 0 radical (unpaired) electrons. The summed E-state index contributed by atoms with van der Waals surface area (Å²) >= 11 is 0. The molecule has 6 nitrogen and oxygen atoms in total. The molecule has 1 spiro atoms. The minimum Gasteiger partial charge on any atom is -0.493 e. The first-order chi connectivity index (χ1) is 14.2. The van der Waals surface area contributed by atoms with Crippen LogP contribution in [0, 0.1) is 0 Å². The quantitative estimate of drug-likeness (QED) is 0.791. The van der Waals surface area contributed by atoms with Crippen LogP contribution < -0.4 is 23.8 Å². The van der Waals surface area contributed by atoms with Crippen LogP contribution in [0.5, 0.6) is 23.0 Å². The lowest BCUT2D eigenvalue weighted by molar-refractivity contribution is 0.0856. The molecule has 29 heavy (non-hydrogen) atoms. The second kappa shape index (κ2) is 6.07. The fourth-order valence-corrected chi connectivity index (χ4v) is 5.24. The topological polar surface area (TPSA) is 60.4 Å². The number of fused-ring (bicyclic) bond motifs is 1. The van der Waals surface area contributed by atoms with Gasteiger partial charge < -0.3 is 29.0 Å². The summed E-state index contributed by atoms with van der Waals surface area (Å²) in [5.74, 6) is 3.19. The second-order valence-electron chi connectivity index (χ2n) is 8.15. The van der Waals surface area contributed by atoms with Crippen molar-refractivity contribution in [2.24, 2.45) is 0 Å². The molecular formula is C23H23NO5. The molecule has 0 bridgehead atoms. The fraction of sp³-hybridized carbons (Fsp3) is 0.391. The van der Waals surface area contributed by atoms with Crippen LogP contribution in [0.15, 0.2) is 42.5 Å². The summed E-state index contributed by atoms with van der Waals surface area (Å²) in [4.78, 5) is 2.38. The number of anilines is 1. The van der Waals surface area contributed by atoms with Gasteiger partial charge in [0.25, 0.3) is 0 Å². The maximum absolute atomic E-state index is 10.2. The molecule has 3 atom stereocenters. The van der Waals surface area contributed by atoms with Gasteiger partial charge in [0.15, 0.2) is 23.0 Å². The monoisotopic (exact) mass is 393 g/mol. The molecule has 0 saturated heterocycles. The van der Waals surface area contributed by atoms with Crippen LogP contribution >= 0.6 is 0 Å². The summed E-state index contributed by atoms with van der Waals surface area (Å²) in [6.07, 6.45) is 5.05. The fourth-order valence-electron chi connectivity index (χ4n) is 5.24. The number of aliphatic hydroxyl groups is 1. The standard InChI is InChI=1S/C23H23NO5/c1-26-18-4-2-14-12-24(15-3-5-17-19(10-15)28-13-27-17)9-8-23-7-6-16(25)11-20(23)29-22(18)21(14)23/h2-7,10,16,20,25H,8-9,11-13H2,1H3/t16-,20-,23-/m0/s1. The SMILES string of the molecule is COc1ccc2c3c1O[C@H]1C[C@@H](O)C=C[C@@]31CCN(c1ccc3c(c1)OCO3)C2. The molecule has 0 fully saturated rings. The minimum atomic E-state index is -0.470. The van der Waals surface area contributed by atoms with Gasteiger partial charge in [-0.3, -0.25) is 0 Å². The molecule has 6 heteroatoms. The minimum absolute atomic E-state index is 0.0794. The molecule has 1 N–H and O–H groups in total. The summed E-state index contributed by atoms with van der Waals surface area (Å²) < 4.78 is 23.0. The summed E-state index contributed by atoms with van der Waals surface area (Å²) in [7, 11) is 1.68. The van der Waals surface area contributed by atoms with Crippen LogP contribution in [-0.2, 0) is 12.0 Å². The summed E-state index contributed by atoms with van der Waals surface area (Å²) in [5, 5.41) is 10.2. The Balaban J connectivity index is 1.46. The lowest BCUT2D eigenvalue weighted by Crippen LogP contribution is -2.43. The van der Waals surface area contributed by atoms with E-state index in [-0.39, 0.29) is 18.3 Å². The number of ether oxygens (including phenoxy) is 4. The van der Waals surface area contributed by atoms with Crippen molar-refractivity contribution < 1.29 is 24.1 Å². The highest BCUT2D eigenvalue weighted by Crippen LogP contribution is 2.56. The number of benzene rings is 2. The highest BCUT2D eigenvalue weighted by atomic mass is 16.7. The van der Waals surface area contributed by atoms with Crippen molar-refractivity contribution in [1.82, 2.24) is 0 Å². The Labute approximate surface area is 169 Å². The van der Waals surface area contributed by atoms with E-state index in [0.29, 0.717) is 6.42 Å². The van der Waals surface area contributed by atoms with Crippen molar-refractivity contribution >= 4 is 5.69 Å². The normalized spacial score (nSPS) is 28.4. The van der Waals surface area contributed by atoms with E-state index >= 15 is 0 Å². The van der Waals surface area contributed by atoms with Gasteiger partial charge in [0.05, 0.1) is 18.6 Å². The summed E-state index contributed by atoms with van der Waals surface area (Å²) in [6.45, 7) is 1.93. The third-order valence-electron chi connectivity index (χ3n) is 6.68. The van der Waals surface area contributed by atoms with Gasteiger partial charge in [-0.25, -0.2) is 0 Å². The van der Waals surface area contributed by atoms with Crippen LogP contribution in [0.1, 0.15) is 24.0 Å². The van der Waals surface area contributed by atoms with Gasteiger partial charge >= 0.3 is 0 Å². The Morgan fingerprint density at radius 3 is 2.97 bits per heavy atom. The molecule has 3 heterocycles. The van der Waals surface area contributed by atoms with Crippen LogP contribution in [0.2, 0.25) is 0 Å². The number of hydrogen-bond donors (Lipinski definition) is 1. The Morgan fingerprint density at radius 1 is 1.17 bits per heavy atom. The number of nitrogens with zero attached hydrogens (tertiary/aromatic N) is 1. The van der Waals surface area contributed by atoms with E-state index in [9.17, 15) is 5.11 Å². The smallest absolute Gasteiger partial charge is 0.231 e. The van der Waals surface area contributed by atoms with E-state index in [1.54, 1.807) is 7.11 Å². The number of aliphatic hydroxyl groups excluding tert-OH is 1. The van der Waals surface area contributed by atoms with Crippen molar-refractivity contribution in [3.63, 3.8) is 0 Å². The molecule has 2 aromatic rings. The lowest BCUT2D eigenvalue weighted by Gasteiger charge is -2.36. The highest BCUT2D eigenvalue weighted by molar-refractivity contribution is 5.64. The van der Waals surface area contributed by atoms with E-state index in [0.717, 1.165) is 48.2 Å². The Hall–Kier alpha value is -2.86. The molecule has 2 aromatic carbocycles. The predicted molar refractivity (Wildman–Crippen MR) is 107 cm³/mol. The van der Waals surface area contributed by atoms with Crippen LogP contribution in [0.25, 0.3) is 0 Å². The molecule has 0 amide bonds.